The molecule has 1 aromatic carbocycles. The van der Waals surface area contributed by atoms with Crippen LogP contribution in [0.3, 0.4) is 0 Å². The van der Waals surface area contributed by atoms with Crippen LogP contribution in [0.25, 0.3) is 0 Å². The number of carbonyl (C=O) groups excluding carboxylic acids is 2. The van der Waals surface area contributed by atoms with E-state index in [1.54, 1.807) is 29.0 Å². The van der Waals surface area contributed by atoms with Crippen LogP contribution >= 0.6 is 24.0 Å². The van der Waals surface area contributed by atoms with Gasteiger partial charge in [0.05, 0.1) is 36.7 Å². The number of rotatable bonds is 8. The van der Waals surface area contributed by atoms with E-state index in [0.717, 1.165) is 18.6 Å². The molecule has 2 N–H and O–H groups in total. The second kappa shape index (κ2) is 9.30. The fourth-order valence-corrected chi connectivity index (χ4v) is 5.18. The van der Waals surface area contributed by atoms with Gasteiger partial charge >= 0.3 is 0 Å². The van der Waals surface area contributed by atoms with E-state index in [1.165, 1.54) is 0 Å². The summed E-state index contributed by atoms with van der Waals surface area (Å²) in [6, 6.07) is 7.21. The normalized spacial score (nSPS) is 29.0. The van der Waals surface area contributed by atoms with E-state index in [-0.39, 0.29) is 42.2 Å². The van der Waals surface area contributed by atoms with Crippen molar-refractivity contribution in [3.05, 3.63) is 29.3 Å². The fraction of sp³-hybridized carbons (Fsp3) is 0.619. The second-order valence-electron chi connectivity index (χ2n) is 8.23. The molecule has 7 nitrogen and oxygen atoms in total. The molecule has 0 radical (unpaired) electrons. The number of likely N-dealkylation sites (tertiary alicyclic amines) is 1. The number of carbonyl (C=O) groups is 2. The smallest absolute Gasteiger partial charge is 0.229 e. The third-order valence-corrected chi connectivity index (χ3v) is 6.63. The Morgan fingerprint density at radius 1 is 1.40 bits per heavy atom. The number of benzene rings is 1. The van der Waals surface area contributed by atoms with E-state index >= 15 is 0 Å². The van der Waals surface area contributed by atoms with Gasteiger partial charge in [-0.3, -0.25) is 9.59 Å². The van der Waals surface area contributed by atoms with E-state index in [4.69, 9.17) is 26.8 Å². The Labute approximate surface area is 188 Å². The average Bonchev–Trinajstić information content (AvgIpc) is 3.34. The lowest BCUT2D eigenvalue weighted by Crippen LogP contribution is -2.46. The van der Waals surface area contributed by atoms with Gasteiger partial charge < -0.3 is 25.0 Å². The summed E-state index contributed by atoms with van der Waals surface area (Å²) in [7, 11) is 1.79. The molecule has 0 aliphatic carbocycles. The molecule has 2 bridgehead atoms. The summed E-state index contributed by atoms with van der Waals surface area (Å²) in [6.07, 6.45) is 2.23. The standard InChI is InChI=1S/C21H28ClN3O4.ClH/c1-24(10-2-12-28-15-5-3-14(22)4-6-15)19(26)17-16-7-8-21(29-16)13-25(11-9-23)20(27)18(17)21;/h3-6,16-18H,2,7-13,23H2,1H3;1H/t16-,17-,18+,21-;/m0./s1. The molecule has 166 valence electrons. The first-order chi connectivity index (χ1) is 13.9. The molecule has 3 aliphatic rings. The molecule has 3 heterocycles. The SMILES string of the molecule is CN(CCCOc1ccc(Cl)cc1)C(=O)[C@H]1[C@@H]2CC[C@@]3(CN(CCN)C(=O)[C@@H]13)O2.Cl. The molecule has 2 amide bonds. The monoisotopic (exact) mass is 457 g/mol. The van der Waals surface area contributed by atoms with Gasteiger partial charge in [-0.2, -0.15) is 0 Å². The molecule has 3 saturated heterocycles. The van der Waals surface area contributed by atoms with E-state index in [0.29, 0.717) is 44.2 Å². The molecule has 0 unspecified atom stereocenters. The van der Waals surface area contributed by atoms with Gasteiger partial charge in [0, 0.05) is 31.7 Å². The fourth-order valence-electron chi connectivity index (χ4n) is 5.05. The molecule has 3 fully saturated rings. The summed E-state index contributed by atoms with van der Waals surface area (Å²) in [4.78, 5) is 29.6. The van der Waals surface area contributed by atoms with E-state index in [9.17, 15) is 9.59 Å². The van der Waals surface area contributed by atoms with Crippen molar-refractivity contribution in [3.8, 4) is 5.75 Å². The van der Waals surface area contributed by atoms with Crippen LogP contribution in [0.1, 0.15) is 19.3 Å². The van der Waals surface area contributed by atoms with Crippen molar-refractivity contribution in [1.29, 1.82) is 0 Å². The van der Waals surface area contributed by atoms with Crippen molar-refractivity contribution in [2.45, 2.75) is 31.0 Å². The van der Waals surface area contributed by atoms with Crippen molar-refractivity contribution < 1.29 is 19.1 Å². The Balaban J connectivity index is 0.00000256. The van der Waals surface area contributed by atoms with Crippen LogP contribution in [0.4, 0.5) is 0 Å². The van der Waals surface area contributed by atoms with Gasteiger partial charge in [0.1, 0.15) is 5.75 Å². The minimum Gasteiger partial charge on any atom is -0.494 e. The van der Waals surface area contributed by atoms with E-state index in [2.05, 4.69) is 0 Å². The largest absolute Gasteiger partial charge is 0.494 e. The Morgan fingerprint density at radius 2 is 2.13 bits per heavy atom. The maximum Gasteiger partial charge on any atom is 0.229 e. The van der Waals surface area contributed by atoms with Crippen LogP contribution < -0.4 is 10.5 Å². The lowest BCUT2D eigenvalue weighted by Gasteiger charge is -2.30. The highest BCUT2D eigenvalue weighted by molar-refractivity contribution is 6.30. The van der Waals surface area contributed by atoms with Crippen LogP contribution in [-0.2, 0) is 14.3 Å². The minimum atomic E-state index is -0.490. The van der Waals surface area contributed by atoms with Crippen LogP contribution in [0, 0.1) is 11.8 Å². The minimum absolute atomic E-state index is 0. The Morgan fingerprint density at radius 3 is 2.83 bits per heavy atom. The number of nitrogens with two attached hydrogens (primary N) is 1. The zero-order chi connectivity index (χ0) is 20.6. The maximum absolute atomic E-state index is 13.2. The van der Waals surface area contributed by atoms with E-state index < -0.39 is 5.60 Å². The van der Waals surface area contributed by atoms with Gasteiger partial charge in [0.15, 0.2) is 0 Å². The summed E-state index contributed by atoms with van der Waals surface area (Å²) in [5.74, 6) is 0.0177. The third kappa shape index (κ3) is 4.13. The van der Waals surface area contributed by atoms with Gasteiger partial charge in [0.25, 0.3) is 0 Å². The number of ether oxygens (including phenoxy) is 2. The predicted molar refractivity (Wildman–Crippen MR) is 116 cm³/mol. The molecule has 30 heavy (non-hydrogen) atoms. The molecular weight excluding hydrogens is 429 g/mol. The summed E-state index contributed by atoms with van der Waals surface area (Å²) < 4.78 is 11.9. The quantitative estimate of drug-likeness (QED) is 0.602. The molecule has 1 aromatic rings. The van der Waals surface area contributed by atoms with Gasteiger partial charge in [-0.1, -0.05) is 11.6 Å². The number of fused-ring (bicyclic) bond motifs is 1. The summed E-state index contributed by atoms with van der Waals surface area (Å²) in [5, 5.41) is 0.667. The highest BCUT2D eigenvalue weighted by Crippen LogP contribution is 2.55. The molecular formula is C21H29Cl2N3O4. The lowest BCUT2D eigenvalue weighted by molar-refractivity contribution is -0.143. The number of hydrogen-bond acceptors (Lipinski definition) is 5. The molecule has 4 atom stereocenters. The first-order valence-electron chi connectivity index (χ1n) is 10.3. The second-order valence-corrected chi connectivity index (χ2v) is 8.66. The highest BCUT2D eigenvalue weighted by atomic mass is 35.5. The van der Waals surface area contributed by atoms with Crippen molar-refractivity contribution in [2.75, 3.05) is 39.8 Å². The van der Waals surface area contributed by atoms with E-state index in [1.807, 2.05) is 12.1 Å². The predicted octanol–water partition coefficient (Wildman–Crippen LogP) is 1.95. The molecule has 0 saturated carbocycles. The zero-order valence-corrected chi connectivity index (χ0v) is 18.7. The van der Waals surface area contributed by atoms with Crippen molar-refractivity contribution >= 4 is 35.8 Å². The number of nitrogens with zero attached hydrogens (tertiary/aromatic N) is 2. The Hall–Kier alpha value is -1.54. The lowest BCUT2D eigenvalue weighted by atomic mass is 9.72. The van der Waals surface area contributed by atoms with Crippen LogP contribution in [0.2, 0.25) is 5.02 Å². The molecule has 9 heteroatoms. The molecule has 1 spiro atoms. The average molecular weight is 458 g/mol. The van der Waals surface area contributed by atoms with Gasteiger partial charge in [0.2, 0.25) is 11.8 Å². The number of amides is 2. The van der Waals surface area contributed by atoms with Crippen LogP contribution in [0.15, 0.2) is 24.3 Å². The molecule has 4 rings (SSSR count). The van der Waals surface area contributed by atoms with Crippen molar-refractivity contribution in [2.24, 2.45) is 17.6 Å². The Bertz CT molecular complexity index is 778. The zero-order valence-electron chi connectivity index (χ0n) is 17.1. The Kier molecular flexibility index (Phi) is 7.17. The van der Waals surface area contributed by atoms with Crippen molar-refractivity contribution in [3.63, 3.8) is 0 Å². The first-order valence-corrected chi connectivity index (χ1v) is 10.6. The van der Waals surface area contributed by atoms with Crippen LogP contribution in [-0.4, -0.2) is 73.2 Å². The summed E-state index contributed by atoms with van der Waals surface area (Å²) in [6.45, 7) is 2.57. The first kappa shape index (κ1) is 23.1. The topological polar surface area (TPSA) is 85.1 Å². The molecule has 3 aliphatic heterocycles. The number of halogens is 2. The number of hydrogen-bond donors (Lipinski definition) is 1. The molecule has 0 aromatic heterocycles. The van der Waals surface area contributed by atoms with Crippen LogP contribution in [0.5, 0.6) is 5.75 Å². The van der Waals surface area contributed by atoms with Gasteiger partial charge in [-0.25, -0.2) is 0 Å². The van der Waals surface area contributed by atoms with Gasteiger partial charge in [-0.15, -0.1) is 12.4 Å². The maximum atomic E-state index is 13.2. The highest BCUT2D eigenvalue weighted by Gasteiger charge is 2.68. The summed E-state index contributed by atoms with van der Waals surface area (Å²) >= 11 is 5.87. The van der Waals surface area contributed by atoms with Crippen molar-refractivity contribution in [1.82, 2.24) is 9.80 Å². The summed E-state index contributed by atoms with van der Waals surface area (Å²) in [5.41, 5.74) is 5.16. The third-order valence-electron chi connectivity index (χ3n) is 6.38. The van der Waals surface area contributed by atoms with Gasteiger partial charge in [-0.05, 0) is 43.5 Å².